The van der Waals surface area contributed by atoms with Crippen LogP contribution in [0.4, 0.5) is 0 Å². The molecule has 300 valence electrons. The third-order valence-corrected chi connectivity index (χ3v) is 9.08. The Kier molecular flexibility index (Phi) is 19.2. The van der Waals surface area contributed by atoms with Crippen LogP contribution >= 0.6 is 0 Å². The molecule has 12 nitrogen and oxygen atoms in total. The van der Waals surface area contributed by atoms with E-state index in [9.17, 15) is 59.4 Å². The molecule has 0 aliphatic heterocycles. The van der Waals surface area contributed by atoms with Crippen molar-refractivity contribution in [3.05, 3.63) is 215 Å². The Balaban J connectivity index is 0.000000300. The number of carboxylic acid groups (broad SMARTS) is 6. The van der Waals surface area contributed by atoms with Gasteiger partial charge in [-0.15, -0.1) is 0 Å². The summed E-state index contributed by atoms with van der Waals surface area (Å²) in [7, 11) is 0. The number of benzene rings is 6. The van der Waals surface area contributed by atoms with E-state index in [1.54, 1.807) is 109 Å². The summed E-state index contributed by atoms with van der Waals surface area (Å²) in [5.74, 6) is -10.3. The number of carboxylic acids is 6. The zero-order valence-electron chi connectivity index (χ0n) is 30.4. The zero-order chi connectivity index (χ0) is 41.6. The quantitative estimate of drug-likeness (QED) is 0.126. The third kappa shape index (κ3) is 10.3. The molecule has 0 bridgehead atoms. The minimum Gasteiger partial charge on any atom is -0.548 e. The Labute approximate surface area is 400 Å². The van der Waals surface area contributed by atoms with Crippen LogP contribution < -0.4 is 30.6 Å². The van der Waals surface area contributed by atoms with Gasteiger partial charge in [0.1, 0.15) is 0 Å². The Bertz CT molecular complexity index is 1880. The molecule has 59 heavy (non-hydrogen) atoms. The van der Waals surface area contributed by atoms with Crippen molar-refractivity contribution in [2.75, 3.05) is 0 Å². The summed E-state index contributed by atoms with van der Waals surface area (Å²) in [5, 5.41) is 69.2. The maximum absolute atomic E-state index is 11.5. The monoisotopic (exact) mass is 1080 g/mol. The van der Waals surface area contributed by atoms with E-state index >= 15 is 0 Å². The summed E-state index contributed by atoms with van der Waals surface area (Å²) in [6, 6.07) is 46.0. The first-order valence-corrected chi connectivity index (χ1v) is 16.9. The SMILES string of the molecule is O=C([O-])C(C(=O)[O-])(c1ccccc1)c1ccccc1.O=C([O-])C(C(=O)[O-])(c1ccccc1)c1ccccc1.O=C([O-])C(C(=O)[O-])(c1ccccc1)c1ccccc1.[Tb+3].[Tb+3]. The van der Waals surface area contributed by atoms with Gasteiger partial charge in [0.15, 0.2) is 0 Å². The van der Waals surface area contributed by atoms with E-state index in [0.29, 0.717) is 0 Å². The van der Waals surface area contributed by atoms with E-state index in [0.717, 1.165) is 0 Å². The first kappa shape index (κ1) is 49.9. The molecule has 14 heteroatoms. The molecule has 0 amide bonds. The van der Waals surface area contributed by atoms with Crippen molar-refractivity contribution in [3.63, 3.8) is 0 Å². The molecule has 6 aromatic rings. The fourth-order valence-corrected chi connectivity index (χ4v) is 6.29. The van der Waals surface area contributed by atoms with Crippen LogP contribution in [0, 0.1) is 77.2 Å². The smallest absolute Gasteiger partial charge is 0.548 e. The van der Waals surface area contributed by atoms with Crippen molar-refractivity contribution in [2.45, 2.75) is 16.2 Å². The summed E-state index contributed by atoms with van der Waals surface area (Å²) in [6.45, 7) is 0. The fourth-order valence-electron chi connectivity index (χ4n) is 6.29. The molecule has 6 aromatic carbocycles. The number of rotatable bonds is 12. The van der Waals surface area contributed by atoms with Crippen molar-refractivity contribution in [1.82, 2.24) is 0 Å². The van der Waals surface area contributed by atoms with Crippen LogP contribution in [-0.4, -0.2) is 35.8 Å². The maximum Gasteiger partial charge on any atom is 3.00 e. The normalized spacial score (nSPS) is 10.6. The molecule has 0 fully saturated rings. The summed E-state index contributed by atoms with van der Waals surface area (Å²) < 4.78 is 0. The van der Waals surface area contributed by atoms with Gasteiger partial charge in [-0.1, -0.05) is 182 Å². The third-order valence-electron chi connectivity index (χ3n) is 9.08. The van der Waals surface area contributed by atoms with E-state index in [2.05, 4.69) is 0 Å². The van der Waals surface area contributed by atoms with E-state index in [1.165, 1.54) is 72.8 Å². The van der Waals surface area contributed by atoms with Gasteiger partial charge < -0.3 is 59.4 Å². The van der Waals surface area contributed by atoms with Crippen molar-refractivity contribution >= 4 is 35.8 Å². The standard InChI is InChI=1S/3C15H12O4.2Tb/c3*16-13(17)15(14(18)19,11-7-3-1-4-8-11)12-9-5-2-6-10-12;;/h3*1-10H,(H,16,17)(H,18,19);;/q;;;2*+3/p-6. The minimum atomic E-state index is -2.30. The maximum atomic E-state index is 11.5. The summed E-state index contributed by atoms with van der Waals surface area (Å²) >= 11 is 0. The predicted octanol–water partition coefficient (Wildman–Crippen LogP) is -1.58. The Morgan fingerprint density at radius 1 is 0.237 bits per heavy atom. The molecule has 0 heterocycles. The molecular formula is C45H30O12Tb2. The summed E-state index contributed by atoms with van der Waals surface area (Å²) in [5.41, 5.74) is -6.32. The Morgan fingerprint density at radius 2 is 0.339 bits per heavy atom. The molecule has 0 aliphatic carbocycles. The second kappa shape index (κ2) is 22.8. The molecular weight excluding hydrogens is 1050 g/mol. The van der Waals surface area contributed by atoms with Crippen LogP contribution in [0.3, 0.4) is 0 Å². The van der Waals surface area contributed by atoms with Gasteiger partial charge >= 0.3 is 77.2 Å². The van der Waals surface area contributed by atoms with Crippen molar-refractivity contribution in [1.29, 1.82) is 0 Å². The second-order valence-electron chi connectivity index (χ2n) is 12.2. The molecule has 0 saturated heterocycles. The van der Waals surface area contributed by atoms with Gasteiger partial charge in [0.2, 0.25) is 0 Å². The summed E-state index contributed by atoms with van der Waals surface area (Å²) in [4.78, 5) is 69.2. The van der Waals surface area contributed by atoms with Crippen molar-refractivity contribution in [2.24, 2.45) is 0 Å². The fraction of sp³-hybridized carbons (Fsp3) is 0.0667. The Hall–Kier alpha value is -5.29. The van der Waals surface area contributed by atoms with Crippen LogP contribution in [0.5, 0.6) is 0 Å². The minimum absolute atomic E-state index is 0. The van der Waals surface area contributed by atoms with E-state index in [1.807, 2.05) is 0 Å². The van der Waals surface area contributed by atoms with Crippen LogP contribution in [-0.2, 0) is 45.0 Å². The Morgan fingerprint density at radius 3 is 0.424 bits per heavy atom. The average molecular weight is 1080 g/mol. The van der Waals surface area contributed by atoms with Gasteiger partial charge in [-0.25, -0.2) is 0 Å². The molecule has 6 rings (SSSR count). The number of carbonyl (C=O) groups is 6. The van der Waals surface area contributed by atoms with Crippen LogP contribution in [0.2, 0.25) is 0 Å². The zero-order valence-corrected chi connectivity index (χ0v) is 34.7. The van der Waals surface area contributed by atoms with Crippen LogP contribution in [0.25, 0.3) is 0 Å². The summed E-state index contributed by atoms with van der Waals surface area (Å²) in [6.07, 6.45) is 0. The van der Waals surface area contributed by atoms with Crippen molar-refractivity contribution < 1.29 is 137 Å². The molecule has 0 aliphatic rings. The van der Waals surface area contributed by atoms with Gasteiger partial charge in [-0.05, 0) is 33.4 Å². The predicted molar refractivity (Wildman–Crippen MR) is 191 cm³/mol. The van der Waals surface area contributed by atoms with Crippen LogP contribution in [0.15, 0.2) is 182 Å². The largest absolute Gasteiger partial charge is 3.00 e. The molecule has 0 saturated carbocycles. The molecule has 0 radical (unpaired) electrons. The van der Waals surface area contributed by atoms with E-state index in [4.69, 9.17) is 0 Å². The topological polar surface area (TPSA) is 241 Å². The first-order chi connectivity index (χ1) is 27.3. The molecule has 0 unspecified atom stereocenters. The van der Waals surface area contributed by atoms with E-state index in [-0.39, 0.29) is 111 Å². The number of hydrogen-bond acceptors (Lipinski definition) is 12. The first-order valence-electron chi connectivity index (χ1n) is 16.9. The molecule has 0 spiro atoms. The average Bonchev–Trinajstić information content (AvgIpc) is 3.21. The number of aliphatic carboxylic acids is 6. The van der Waals surface area contributed by atoms with Gasteiger partial charge in [0.05, 0.1) is 52.1 Å². The second-order valence-corrected chi connectivity index (χ2v) is 12.2. The van der Waals surface area contributed by atoms with Gasteiger partial charge in [0.25, 0.3) is 0 Å². The molecule has 0 atom stereocenters. The van der Waals surface area contributed by atoms with Gasteiger partial charge in [-0.2, -0.15) is 0 Å². The van der Waals surface area contributed by atoms with Crippen LogP contribution in [0.1, 0.15) is 33.4 Å². The van der Waals surface area contributed by atoms with Gasteiger partial charge in [0, 0.05) is 0 Å². The molecule has 0 N–H and O–H groups in total. The molecule has 0 aromatic heterocycles. The number of hydrogen-bond donors (Lipinski definition) is 0. The van der Waals surface area contributed by atoms with Crippen molar-refractivity contribution in [3.8, 4) is 0 Å². The number of carbonyl (C=O) groups excluding carboxylic acids is 6. The van der Waals surface area contributed by atoms with Gasteiger partial charge in [-0.3, -0.25) is 0 Å². The van der Waals surface area contributed by atoms with E-state index < -0.39 is 52.1 Å².